The molecule has 0 aliphatic heterocycles. The van der Waals surface area contributed by atoms with Gasteiger partial charge in [0, 0.05) is 3.57 Å². The number of carbonyl (C=O) groups excluding carboxylic acids is 2. The van der Waals surface area contributed by atoms with Gasteiger partial charge in [-0.3, -0.25) is 9.59 Å². The number of halogens is 2. The van der Waals surface area contributed by atoms with E-state index >= 15 is 0 Å². The highest BCUT2D eigenvalue weighted by atomic mass is 127. The Bertz CT molecular complexity index is 418. The fraction of sp³-hybridized carbons (Fsp3) is 0.273. The van der Waals surface area contributed by atoms with Crippen LogP contribution in [0.3, 0.4) is 0 Å². The normalized spacial score (nSPS) is 9.94. The molecule has 0 N–H and O–H groups in total. The average molecular weight is 336 g/mol. The van der Waals surface area contributed by atoms with Crippen LogP contribution >= 0.6 is 22.6 Å². The number of hydrogen-bond donors (Lipinski definition) is 0. The highest BCUT2D eigenvalue weighted by Gasteiger charge is 2.16. The molecule has 0 aliphatic rings. The number of ether oxygens (including phenoxy) is 1. The summed E-state index contributed by atoms with van der Waals surface area (Å²) in [6.07, 6.45) is -0.426. The monoisotopic (exact) mass is 336 g/mol. The van der Waals surface area contributed by atoms with Gasteiger partial charge in [-0.2, -0.15) is 0 Å². The molecule has 1 rings (SSSR count). The first-order valence-electron chi connectivity index (χ1n) is 4.68. The predicted molar refractivity (Wildman–Crippen MR) is 64.7 cm³/mol. The Hall–Kier alpha value is -0.980. The number of hydrogen-bond acceptors (Lipinski definition) is 3. The lowest BCUT2D eigenvalue weighted by Crippen LogP contribution is -2.12. The predicted octanol–water partition coefficient (Wildman–Crippen LogP) is 2.57. The topological polar surface area (TPSA) is 43.4 Å². The second-order valence-electron chi connectivity index (χ2n) is 3.03. The SMILES string of the molecule is CCOC(=O)CC(=O)c1cc(I)ccc1F. The summed E-state index contributed by atoms with van der Waals surface area (Å²) in [4.78, 5) is 22.6. The second-order valence-corrected chi connectivity index (χ2v) is 4.27. The molecule has 1 aromatic rings. The van der Waals surface area contributed by atoms with E-state index in [9.17, 15) is 14.0 Å². The fourth-order valence-corrected chi connectivity index (χ4v) is 1.64. The Morgan fingerprint density at radius 3 is 2.75 bits per heavy atom. The van der Waals surface area contributed by atoms with E-state index in [1.807, 2.05) is 22.6 Å². The number of carbonyl (C=O) groups is 2. The van der Waals surface area contributed by atoms with Gasteiger partial charge in [0.25, 0.3) is 0 Å². The molecule has 0 aromatic heterocycles. The molecule has 0 spiro atoms. The van der Waals surface area contributed by atoms with Gasteiger partial charge in [-0.05, 0) is 47.7 Å². The Labute approximate surface area is 106 Å². The molecule has 16 heavy (non-hydrogen) atoms. The van der Waals surface area contributed by atoms with Crippen LogP contribution in [0.25, 0.3) is 0 Å². The van der Waals surface area contributed by atoms with Crippen LogP contribution in [0.5, 0.6) is 0 Å². The largest absolute Gasteiger partial charge is 0.466 e. The van der Waals surface area contributed by atoms with E-state index in [1.165, 1.54) is 12.1 Å². The Morgan fingerprint density at radius 2 is 2.12 bits per heavy atom. The van der Waals surface area contributed by atoms with Crippen molar-refractivity contribution in [3.05, 3.63) is 33.1 Å². The zero-order valence-corrected chi connectivity index (χ0v) is 10.8. The van der Waals surface area contributed by atoms with Gasteiger partial charge in [0.1, 0.15) is 12.2 Å². The summed E-state index contributed by atoms with van der Waals surface area (Å²) in [5.41, 5.74) is -0.0695. The van der Waals surface area contributed by atoms with Gasteiger partial charge >= 0.3 is 5.97 Å². The van der Waals surface area contributed by atoms with Crippen molar-refractivity contribution in [1.29, 1.82) is 0 Å². The molecule has 86 valence electrons. The zero-order valence-electron chi connectivity index (χ0n) is 8.63. The molecule has 0 heterocycles. The first kappa shape index (κ1) is 13.1. The number of ketones is 1. The molecule has 0 unspecified atom stereocenters. The molecular weight excluding hydrogens is 326 g/mol. The number of benzene rings is 1. The van der Waals surface area contributed by atoms with Crippen molar-refractivity contribution in [3.63, 3.8) is 0 Å². The standard InChI is InChI=1S/C11H10FIO3/c1-2-16-11(15)6-10(14)8-5-7(13)3-4-9(8)12/h3-5H,2,6H2,1H3. The van der Waals surface area contributed by atoms with Gasteiger partial charge in [-0.15, -0.1) is 0 Å². The number of Topliss-reactive ketones (excluding diaryl/α,β-unsaturated/α-hetero) is 1. The molecular formula is C11H10FIO3. The molecule has 5 heteroatoms. The fourth-order valence-electron chi connectivity index (χ4n) is 1.15. The second kappa shape index (κ2) is 5.93. The quantitative estimate of drug-likeness (QED) is 0.367. The Balaban J connectivity index is 2.80. The van der Waals surface area contributed by atoms with Gasteiger partial charge in [-0.1, -0.05) is 0 Å². The maximum atomic E-state index is 13.3. The molecule has 0 amide bonds. The summed E-state index contributed by atoms with van der Waals surface area (Å²) in [5, 5.41) is 0. The molecule has 3 nitrogen and oxygen atoms in total. The highest BCUT2D eigenvalue weighted by molar-refractivity contribution is 14.1. The van der Waals surface area contributed by atoms with Crippen LogP contribution in [0.2, 0.25) is 0 Å². The van der Waals surface area contributed by atoms with Crippen molar-refractivity contribution in [2.45, 2.75) is 13.3 Å². The summed E-state index contributed by atoms with van der Waals surface area (Å²) in [6.45, 7) is 1.86. The third kappa shape index (κ3) is 3.55. The minimum atomic E-state index is -0.634. The Kier molecular flexibility index (Phi) is 4.85. The van der Waals surface area contributed by atoms with Gasteiger partial charge in [0.05, 0.1) is 12.2 Å². The van der Waals surface area contributed by atoms with Gasteiger partial charge in [-0.25, -0.2) is 4.39 Å². The van der Waals surface area contributed by atoms with Crippen molar-refractivity contribution in [3.8, 4) is 0 Å². The summed E-state index contributed by atoms with van der Waals surface area (Å²) in [7, 11) is 0. The minimum Gasteiger partial charge on any atom is -0.466 e. The smallest absolute Gasteiger partial charge is 0.313 e. The van der Waals surface area contributed by atoms with E-state index in [0.29, 0.717) is 0 Å². The molecule has 0 atom stereocenters. The highest BCUT2D eigenvalue weighted by Crippen LogP contribution is 2.14. The Morgan fingerprint density at radius 1 is 1.44 bits per heavy atom. The molecule has 0 fully saturated rings. The third-order valence-electron chi connectivity index (χ3n) is 1.84. The van der Waals surface area contributed by atoms with Crippen LogP contribution in [0.4, 0.5) is 4.39 Å². The van der Waals surface area contributed by atoms with Crippen molar-refractivity contribution in [2.75, 3.05) is 6.61 Å². The van der Waals surface area contributed by atoms with E-state index in [4.69, 9.17) is 0 Å². The number of esters is 1. The van der Waals surface area contributed by atoms with Crippen molar-refractivity contribution < 1.29 is 18.7 Å². The molecule has 0 aliphatic carbocycles. The first-order valence-corrected chi connectivity index (χ1v) is 5.76. The summed E-state index contributed by atoms with van der Waals surface area (Å²) >= 11 is 1.97. The maximum Gasteiger partial charge on any atom is 0.313 e. The van der Waals surface area contributed by atoms with E-state index < -0.39 is 24.0 Å². The first-order chi connectivity index (χ1) is 7.54. The maximum absolute atomic E-state index is 13.3. The summed E-state index contributed by atoms with van der Waals surface area (Å²) < 4.78 is 18.6. The van der Waals surface area contributed by atoms with E-state index in [0.717, 1.165) is 3.57 Å². The van der Waals surface area contributed by atoms with E-state index in [-0.39, 0.29) is 12.2 Å². The molecule has 0 bridgehead atoms. The van der Waals surface area contributed by atoms with Crippen LogP contribution in [-0.4, -0.2) is 18.4 Å². The molecule has 0 radical (unpaired) electrons. The van der Waals surface area contributed by atoms with Gasteiger partial charge < -0.3 is 4.74 Å². The molecule has 1 aromatic carbocycles. The van der Waals surface area contributed by atoms with Gasteiger partial charge in [0.2, 0.25) is 0 Å². The van der Waals surface area contributed by atoms with Crippen LogP contribution in [0.1, 0.15) is 23.7 Å². The zero-order chi connectivity index (χ0) is 12.1. The van der Waals surface area contributed by atoms with Crippen molar-refractivity contribution in [1.82, 2.24) is 0 Å². The minimum absolute atomic E-state index is 0.0695. The number of rotatable bonds is 4. The lowest BCUT2D eigenvalue weighted by molar-refractivity contribution is -0.141. The summed E-state index contributed by atoms with van der Waals surface area (Å²) in [6, 6.07) is 4.18. The average Bonchev–Trinajstić information content (AvgIpc) is 2.21. The van der Waals surface area contributed by atoms with Gasteiger partial charge in [0.15, 0.2) is 5.78 Å². The van der Waals surface area contributed by atoms with Crippen LogP contribution in [-0.2, 0) is 9.53 Å². The van der Waals surface area contributed by atoms with E-state index in [2.05, 4.69) is 4.74 Å². The van der Waals surface area contributed by atoms with Crippen molar-refractivity contribution in [2.24, 2.45) is 0 Å². The van der Waals surface area contributed by atoms with Crippen LogP contribution < -0.4 is 0 Å². The third-order valence-corrected chi connectivity index (χ3v) is 2.51. The summed E-state index contributed by atoms with van der Waals surface area (Å²) in [5.74, 6) is -1.81. The van der Waals surface area contributed by atoms with Crippen molar-refractivity contribution >= 4 is 34.3 Å². The molecule has 0 saturated carbocycles. The van der Waals surface area contributed by atoms with Crippen LogP contribution in [0, 0.1) is 9.39 Å². The van der Waals surface area contributed by atoms with Crippen LogP contribution in [0.15, 0.2) is 18.2 Å². The lowest BCUT2D eigenvalue weighted by atomic mass is 10.1. The lowest BCUT2D eigenvalue weighted by Gasteiger charge is -2.03. The molecule has 0 saturated heterocycles. The van der Waals surface area contributed by atoms with E-state index in [1.54, 1.807) is 13.0 Å².